The molecule has 0 fully saturated rings. The molecule has 1 N–H and O–H groups in total. The summed E-state index contributed by atoms with van der Waals surface area (Å²) >= 11 is 0. The fraction of sp³-hybridized carbons (Fsp3) is 0.412. The molecule has 0 saturated carbocycles. The third-order valence-corrected chi connectivity index (χ3v) is 4.07. The maximum absolute atomic E-state index is 12.2. The smallest absolute Gasteiger partial charge is 0.238 e. The number of carbonyl (C=O) groups is 1. The number of likely N-dealkylation sites (N-methyl/N-ethyl adjacent to an activating group) is 1. The topological polar surface area (TPSA) is 50.2 Å². The average Bonchev–Trinajstić information content (AvgIpc) is 2.76. The summed E-state index contributed by atoms with van der Waals surface area (Å²) in [6, 6.07) is 5.94. The van der Waals surface area contributed by atoms with E-state index in [2.05, 4.69) is 10.4 Å². The molecule has 0 spiro atoms. The predicted octanol–water partition coefficient (Wildman–Crippen LogP) is 2.42. The predicted molar refractivity (Wildman–Crippen MR) is 88.8 cm³/mol. The summed E-state index contributed by atoms with van der Waals surface area (Å²) in [5.41, 5.74) is 5.45. The van der Waals surface area contributed by atoms with Crippen LogP contribution in [-0.4, -0.2) is 34.2 Å². The zero-order valence-electron chi connectivity index (χ0n) is 14.0. The molecule has 0 atom stereocenters. The van der Waals surface area contributed by atoms with Gasteiger partial charge in [-0.15, -0.1) is 0 Å². The van der Waals surface area contributed by atoms with Crippen LogP contribution in [0.1, 0.15) is 22.4 Å². The van der Waals surface area contributed by atoms with Crippen LogP contribution in [0.25, 0.3) is 0 Å². The Morgan fingerprint density at radius 3 is 2.68 bits per heavy atom. The van der Waals surface area contributed by atoms with E-state index in [1.54, 1.807) is 0 Å². The van der Waals surface area contributed by atoms with Crippen LogP contribution >= 0.6 is 0 Å². The summed E-state index contributed by atoms with van der Waals surface area (Å²) in [6.07, 6.45) is 1.86. The first kappa shape index (κ1) is 16.2. The highest BCUT2D eigenvalue weighted by molar-refractivity contribution is 5.93. The number of anilines is 1. The molecule has 1 aromatic carbocycles. The van der Waals surface area contributed by atoms with Crippen LogP contribution in [-0.2, 0) is 18.4 Å². The van der Waals surface area contributed by atoms with Crippen molar-refractivity contribution in [3.05, 3.63) is 46.8 Å². The molecule has 1 heterocycles. The molecule has 0 aliphatic carbocycles. The van der Waals surface area contributed by atoms with Gasteiger partial charge in [0.05, 0.1) is 12.7 Å². The minimum Gasteiger partial charge on any atom is -0.325 e. The Morgan fingerprint density at radius 2 is 2.05 bits per heavy atom. The van der Waals surface area contributed by atoms with E-state index in [9.17, 15) is 4.79 Å². The minimum atomic E-state index is -0.00209. The second kappa shape index (κ2) is 6.75. The van der Waals surface area contributed by atoms with Gasteiger partial charge < -0.3 is 5.32 Å². The second-order valence-corrected chi connectivity index (χ2v) is 5.85. The lowest BCUT2D eigenvalue weighted by Gasteiger charge is -2.17. The van der Waals surface area contributed by atoms with E-state index in [0.717, 1.165) is 22.5 Å². The van der Waals surface area contributed by atoms with Gasteiger partial charge in [0.1, 0.15) is 0 Å². The van der Waals surface area contributed by atoms with Gasteiger partial charge in [0, 0.05) is 30.5 Å². The number of benzene rings is 1. The zero-order valence-corrected chi connectivity index (χ0v) is 14.0. The van der Waals surface area contributed by atoms with Crippen molar-refractivity contribution in [1.82, 2.24) is 14.7 Å². The molecule has 0 aliphatic rings. The number of amides is 1. The number of aromatic nitrogens is 2. The summed E-state index contributed by atoms with van der Waals surface area (Å²) in [6.45, 7) is 7.16. The number of nitrogens with zero attached hydrogens (tertiary/aromatic N) is 3. The van der Waals surface area contributed by atoms with Gasteiger partial charge in [0.2, 0.25) is 5.91 Å². The lowest BCUT2D eigenvalue weighted by molar-refractivity contribution is -0.117. The highest BCUT2D eigenvalue weighted by Gasteiger charge is 2.11. The summed E-state index contributed by atoms with van der Waals surface area (Å²) in [5.74, 6) is -0.00209. The van der Waals surface area contributed by atoms with E-state index < -0.39 is 0 Å². The van der Waals surface area contributed by atoms with Crippen LogP contribution in [0.3, 0.4) is 0 Å². The minimum absolute atomic E-state index is 0.00209. The highest BCUT2D eigenvalue weighted by Crippen LogP contribution is 2.18. The van der Waals surface area contributed by atoms with Crippen molar-refractivity contribution >= 4 is 11.6 Å². The molecule has 1 aromatic heterocycles. The van der Waals surface area contributed by atoms with E-state index in [1.807, 2.05) is 68.8 Å². The molecular formula is C17H24N4O. The molecule has 5 heteroatoms. The number of hydrogen-bond acceptors (Lipinski definition) is 3. The first-order valence-electron chi connectivity index (χ1n) is 7.40. The van der Waals surface area contributed by atoms with Crippen molar-refractivity contribution in [3.63, 3.8) is 0 Å². The van der Waals surface area contributed by atoms with Gasteiger partial charge in [-0.1, -0.05) is 12.1 Å². The Kier molecular flexibility index (Phi) is 4.98. The summed E-state index contributed by atoms with van der Waals surface area (Å²) < 4.78 is 1.85. The fourth-order valence-electron chi connectivity index (χ4n) is 2.37. The lowest BCUT2D eigenvalue weighted by Crippen LogP contribution is -2.30. The van der Waals surface area contributed by atoms with Crippen LogP contribution in [0.2, 0.25) is 0 Å². The second-order valence-electron chi connectivity index (χ2n) is 5.85. The average molecular weight is 300 g/mol. The van der Waals surface area contributed by atoms with Crippen molar-refractivity contribution in [2.75, 3.05) is 18.9 Å². The van der Waals surface area contributed by atoms with E-state index in [4.69, 9.17) is 0 Å². The Balaban J connectivity index is 1.94. The van der Waals surface area contributed by atoms with E-state index in [1.165, 1.54) is 5.56 Å². The van der Waals surface area contributed by atoms with Crippen molar-refractivity contribution in [2.45, 2.75) is 27.3 Å². The number of hydrogen-bond donors (Lipinski definition) is 1. The van der Waals surface area contributed by atoms with Gasteiger partial charge in [-0.25, -0.2) is 0 Å². The van der Waals surface area contributed by atoms with Crippen molar-refractivity contribution in [3.8, 4) is 0 Å². The van der Waals surface area contributed by atoms with Crippen molar-refractivity contribution < 1.29 is 4.79 Å². The van der Waals surface area contributed by atoms with Crippen molar-refractivity contribution in [2.24, 2.45) is 7.05 Å². The highest BCUT2D eigenvalue weighted by atomic mass is 16.2. The molecule has 0 bridgehead atoms. The van der Waals surface area contributed by atoms with E-state index >= 15 is 0 Å². The van der Waals surface area contributed by atoms with E-state index in [0.29, 0.717) is 13.1 Å². The van der Waals surface area contributed by atoms with E-state index in [-0.39, 0.29) is 5.91 Å². The van der Waals surface area contributed by atoms with Crippen molar-refractivity contribution in [1.29, 1.82) is 0 Å². The van der Waals surface area contributed by atoms with Crippen LogP contribution in [0.5, 0.6) is 0 Å². The van der Waals surface area contributed by atoms with Crippen LogP contribution < -0.4 is 5.32 Å². The monoisotopic (exact) mass is 300 g/mol. The molecule has 118 valence electrons. The molecule has 1 amide bonds. The van der Waals surface area contributed by atoms with Gasteiger partial charge in [-0.2, -0.15) is 5.10 Å². The van der Waals surface area contributed by atoms with Gasteiger partial charge in [-0.3, -0.25) is 14.4 Å². The molecule has 0 radical (unpaired) electrons. The van der Waals surface area contributed by atoms with Gasteiger partial charge in [-0.05, 0) is 45.0 Å². The molecule has 5 nitrogen and oxygen atoms in total. The maximum Gasteiger partial charge on any atom is 0.238 e. The Morgan fingerprint density at radius 1 is 1.32 bits per heavy atom. The first-order chi connectivity index (χ1) is 10.4. The molecule has 2 aromatic rings. The fourth-order valence-corrected chi connectivity index (χ4v) is 2.37. The maximum atomic E-state index is 12.2. The standard InChI is InChI=1S/C17H24N4O/c1-12-7-6-8-16(13(12)2)19-17(22)11-20(4)10-15-9-18-21(5)14(15)3/h6-9H,10-11H2,1-5H3,(H,19,22). The van der Waals surface area contributed by atoms with Crippen LogP contribution in [0, 0.1) is 20.8 Å². The van der Waals surface area contributed by atoms with Gasteiger partial charge >= 0.3 is 0 Å². The number of rotatable bonds is 5. The van der Waals surface area contributed by atoms with Gasteiger partial charge in [0.15, 0.2) is 0 Å². The largest absolute Gasteiger partial charge is 0.325 e. The van der Waals surface area contributed by atoms with Gasteiger partial charge in [0.25, 0.3) is 0 Å². The Hall–Kier alpha value is -2.14. The third kappa shape index (κ3) is 3.74. The van der Waals surface area contributed by atoms with Crippen LogP contribution in [0.4, 0.5) is 5.69 Å². The Labute approximate surface area is 131 Å². The normalized spacial score (nSPS) is 11.0. The summed E-state index contributed by atoms with van der Waals surface area (Å²) in [4.78, 5) is 14.2. The molecule has 0 unspecified atom stereocenters. The Bertz CT molecular complexity index is 675. The quantitative estimate of drug-likeness (QED) is 0.922. The molecule has 0 saturated heterocycles. The summed E-state index contributed by atoms with van der Waals surface area (Å²) in [7, 11) is 3.86. The lowest BCUT2D eigenvalue weighted by atomic mass is 10.1. The number of nitrogens with one attached hydrogen (secondary N) is 1. The molecule has 22 heavy (non-hydrogen) atoms. The zero-order chi connectivity index (χ0) is 16.3. The third-order valence-electron chi connectivity index (χ3n) is 4.07. The molecular weight excluding hydrogens is 276 g/mol. The molecule has 0 aliphatic heterocycles. The first-order valence-corrected chi connectivity index (χ1v) is 7.40. The number of carbonyl (C=O) groups excluding carboxylic acids is 1. The SMILES string of the molecule is Cc1cccc(NC(=O)CN(C)Cc2cnn(C)c2C)c1C. The molecule has 2 rings (SSSR count). The van der Waals surface area contributed by atoms with Crippen LogP contribution in [0.15, 0.2) is 24.4 Å². The number of aryl methyl sites for hydroxylation is 2. The summed E-state index contributed by atoms with van der Waals surface area (Å²) in [5, 5.41) is 7.21.